The average Bonchev–Trinajstić information content (AvgIpc) is 2.52. The third-order valence-electron chi connectivity index (χ3n) is 3.09. The summed E-state index contributed by atoms with van der Waals surface area (Å²) in [6.45, 7) is 6.08. The van der Waals surface area contributed by atoms with Crippen molar-refractivity contribution in [2.24, 2.45) is 14.1 Å². The maximum absolute atomic E-state index is 11.1. The quantitative estimate of drug-likeness (QED) is 0.561. The summed E-state index contributed by atoms with van der Waals surface area (Å²) >= 11 is 1.64. The van der Waals surface area contributed by atoms with Gasteiger partial charge in [0.15, 0.2) is 0 Å². The molecule has 0 aromatic carbocycles. The van der Waals surface area contributed by atoms with Crippen molar-refractivity contribution < 1.29 is 9.36 Å². The largest absolute Gasteiger partial charge is 0.318 e. The highest BCUT2D eigenvalue weighted by Crippen LogP contribution is 2.20. The van der Waals surface area contributed by atoms with Crippen LogP contribution in [0.25, 0.3) is 0 Å². The molecule has 1 rings (SSSR count). The van der Waals surface area contributed by atoms with Gasteiger partial charge in [-0.2, -0.15) is 0 Å². The van der Waals surface area contributed by atoms with E-state index < -0.39 is 0 Å². The molecule has 0 saturated carbocycles. The van der Waals surface area contributed by atoms with Gasteiger partial charge in [0, 0.05) is 12.8 Å². The standard InChI is InChI=1S/C14H25N2OS/c1-6-8-12-13(9-7-2)16(5)14(15(12)4)18-10-11(3)17/h6-10H2,1-5H3/q+1. The molecular formula is C14H25N2OS+. The van der Waals surface area contributed by atoms with E-state index in [2.05, 4.69) is 37.1 Å². The molecule has 4 heteroatoms. The number of imidazole rings is 1. The molecule has 1 heterocycles. The second kappa shape index (κ2) is 6.98. The van der Waals surface area contributed by atoms with Crippen LogP contribution in [0, 0.1) is 0 Å². The van der Waals surface area contributed by atoms with E-state index in [1.165, 1.54) is 16.5 Å². The first-order valence-electron chi connectivity index (χ1n) is 6.71. The van der Waals surface area contributed by atoms with Gasteiger partial charge >= 0.3 is 5.16 Å². The van der Waals surface area contributed by atoms with Crippen molar-refractivity contribution >= 4 is 17.5 Å². The van der Waals surface area contributed by atoms with Crippen molar-refractivity contribution in [2.45, 2.75) is 51.6 Å². The van der Waals surface area contributed by atoms with E-state index in [0.717, 1.165) is 25.7 Å². The highest BCUT2D eigenvalue weighted by atomic mass is 32.2. The maximum Gasteiger partial charge on any atom is 0.318 e. The molecule has 0 N–H and O–H groups in total. The Kier molecular flexibility index (Phi) is 5.93. The minimum atomic E-state index is 0.232. The highest BCUT2D eigenvalue weighted by Gasteiger charge is 2.25. The van der Waals surface area contributed by atoms with Crippen LogP contribution in [-0.2, 0) is 31.7 Å². The van der Waals surface area contributed by atoms with Gasteiger partial charge in [0.05, 0.1) is 19.8 Å². The van der Waals surface area contributed by atoms with Crippen molar-refractivity contribution in [3.8, 4) is 0 Å². The topological polar surface area (TPSA) is 25.9 Å². The number of aromatic nitrogens is 2. The Bertz CT molecular complexity index is 394. The normalized spacial score (nSPS) is 10.9. The van der Waals surface area contributed by atoms with E-state index in [0.29, 0.717) is 5.75 Å². The van der Waals surface area contributed by atoms with E-state index in [1.54, 1.807) is 18.7 Å². The average molecular weight is 269 g/mol. The fourth-order valence-electron chi connectivity index (χ4n) is 2.30. The first-order valence-corrected chi connectivity index (χ1v) is 7.70. The second-order valence-corrected chi connectivity index (χ2v) is 5.73. The van der Waals surface area contributed by atoms with Gasteiger partial charge < -0.3 is 0 Å². The summed E-state index contributed by atoms with van der Waals surface area (Å²) in [6.07, 6.45) is 4.54. The lowest BCUT2D eigenvalue weighted by Crippen LogP contribution is -2.34. The molecular weight excluding hydrogens is 244 g/mol. The molecule has 0 aliphatic carbocycles. The lowest BCUT2D eigenvalue weighted by molar-refractivity contribution is -0.716. The van der Waals surface area contributed by atoms with Gasteiger partial charge in [-0.1, -0.05) is 13.8 Å². The van der Waals surface area contributed by atoms with Crippen molar-refractivity contribution in [3.63, 3.8) is 0 Å². The van der Waals surface area contributed by atoms with Crippen LogP contribution in [0.3, 0.4) is 0 Å². The summed E-state index contributed by atoms with van der Waals surface area (Å²) < 4.78 is 4.53. The van der Waals surface area contributed by atoms with E-state index >= 15 is 0 Å². The lowest BCUT2D eigenvalue weighted by Gasteiger charge is -1.98. The number of rotatable bonds is 7. The number of hydrogen-bond acceptors (Lipinski definition) is 2. The molecule has 0 aliphatic rings. The summed E-state index contributed by atoms with van der Waals surface area (Å²) in [5.41, 5.74) is 2.85. The lowest BCUT2D eigenvalue weighted by atomic mass is 10.1. The zero-order valence-electron chi connectivity index (χ0n) is 12.2. The Labute approximate surface area is 115 Å². The fourth-order valence-corrected chi connectivity index (χ4v) is 3.24. The molecule has 0 bridgehead atoms. The molecule has 102 valence electrons. The van der Waals surface area contributed by atoms with Gasteiger partial charge in [-0.05, 0) is 31.5 Å². The molecule has 0 saturated heterocycles. The minimum absolute atomic E-state index is 0.232. The molecule has 0 atom stereocenters. The minimum Gasteiger partial charge on any atom is -0.299 e. The molecule has 3 nitrogen and oxygen atoms in total. The Balaban J connectivity index is 3.09. The van der Waals surface area contributed by atoms with E-state index in [4.69, 9.17) is 0 Å². The monoisotopic (exact) mass is 269 g/mol. The summed E-state index contributed by atoms with van der Waals surface area (Å²) in [4.78, 5) is 11.1. The van der Waals surface area contributed by atoms with Crippen LogP contribution >= 0.6 is 11.8 Å². The third-order valence-corrected chi connectivity index (χ3v) is 4.45. The molecule has 0 amide bonds. The summed E-state index contributed by atoms with van der Waals surface area (Å²) in [6, 6.07) is 0. The van der Waals surface area contributed by atoms with E-state index in [-0.39, 0.29) is 5.78 Å². The molecule has 0 unspecified atom stereocenters. The van der Waals surface area contributed by atoms with Crippen LogP contribution in [0.5, 0.6) is 0 Å². The number of carbonyl (C=O) groups excluding carboxylic acids is 1. The molecule has 1 aromatic rings. The zero-order chi connectivity index (χ0) is 13.7. The fraction of sp³-hybridized carbons (Fsp3) is 0.714. The number of Topliss-reactive ketones (excluding diaryl/α,β-unsaturated/α-hetero) is 1. The number of nitrogens with zero attached hydrogens (tertiary/aromatic N) is 2. The van der Waals surface area contributed by atoms with Crippen LogP contribution in [0.15, 0.2) is 5.16 Å². The van der Waals surface area contributed by atoms with Crippen molar-refractivity contribution in [1.82, 2.24) is 4.57 Å². The van der Waals surface area contributed by atoms with Gasteiger partial charge in [-0.15, -0.1) is 0 Å². The number of ketones is 1. The van der Waals surface area contributed by atoms with Crippen molar-refractivity contribution in [1.29, 1.82) is 0 Å². The molecule has 0 radical (unpaired) electrons. The third kappa shape index (κ3) is 3.37. The summed E-state index contributed by atoms with van der Waals surface area (Å²) in [5.74, 6) is 0.790. The smallest absolute Gasteiger partial charge is 0.299 e. The Hall–Kier alpha value is -0.770. The maximum atomic E-state index is 11.1. The first kappa shape index (κ1) is 15.3. The van der Waals surface area contributed by atoms with E-state index in [1.807, 2.05) is 0 Å². The van der Waals surface area contributed by atoms with Crippen LogP contribution in [-0.4, -0.2) is 16.1 Å². The van der Waals surface area contributed by atoms with Crippen LogP contribution in [0.1, 0.15) is 45.0 Å². The molecule has 18 heavy (non-hydrogen) atoms. The second-order valence-electron chi connectivity index (χ2n) is 4.78. The van der Waals surface area contributed by atoms with Gasteiger partial charge in [0.25, 0.3) is 0 Å². The SMILES string of the molecule is CCCc1c(CCC)[n+](C)c(SCC(C)=O)n1C. The van der Waals surface area contributed by atoms with Crippen molar-refractivity contribution in [3.05, 3.63) is 11.4 Å². The highest BCUT2D eigenvalue weighted by molar-refractivity contribution is 7.99. The van der Waals surface area contributed by atoms with Crippen LogP contribution < -0.4 is 4.57 Å². The van der Waals surface area contributed by atoms with Crippen molar-refractivity contribution in [2.75, 3.05) is 5.75 Å². The molecule has 0 fully saturated rings. The summed E-state index contributed by atoms with van der Waals surface area (Å²) in [7, 11) is 4.24. The predicted molar refractivity (Wildman–Crippen MR) is 76.0 cm³/mol. The Morgan fingerprint density at radius 2 is 1.89 bits per heavy atom. The van der Waals surface area contributed by atoms with Crippen LogP contribution in [0.2, 0.25) is 0 Å². The number of thioether (sulfide) groups is 1. The van der Waals surface area contributed by atoms with E-state index in [9.17, 15) is 4.79 Å². The zero-order valence-corrected chi connectivity index (χ0v) is 13.1. The number of hydrogen-bond donors (Lipinski definition) is 0. The van der Waals surface area contributed by atoms with Gasteiger partial charge in [0.2, 0.25) is 0 Å². The number of carbonyl (C=O) groups is 1. The first-order chi connectivity index (χ1) is 8.52. The van der Waals surface area contributed by atoms with Gasteiger partial charge in [0.1, 0.15) is 17.2 Å². The molecule has 0 aliphatic heterocycles. The Morgan fingerprint density at radius 1 is 1.28 bits per heavy atom. The molecule has 1 aromatic heterocycles. The molecule has 0 spiro atoms. The summed E-state index contributed by atoms with van der Waals surface area (Å²) in [5, 5.41) is 1.19. The van der Waals surface area contributed by atoms with Crippen LogP contribution in [0.4, 0.5) is 0 Å². The predicted octanol–water partition coefficient (Wildman–Crippen LogP) is 2.44. The van der Waals surface area contributed by atoms with Gasteiger partial charge in [-0.25, -0.2) is 9.13 Å². The Morgan fingerprint density at radius 3 is 2.39 bits per heavy atom. The van der Waals surface area contributed by atoms with Gasteiger partial charge in [-0.3, -0.25) is 4.79 Å².